The highest BCUT2D eigenvalue weighted by Crippen LogP contribution is 2.38. The molecule has 15 heavy (non-hydrogen) atoms. The third kappa shape index (κ3) is 2.68. The minimum absolute atomic E-state index is 0.0485. The number of hydrogen-bond acceptors (Lipinski definition) is 4. The van der Waals surface area contributed by atoms with Gasteiger partial charge in [0.2, 0.25) is 0 Å². The van der Waals surface area contributed by atoms with Gasteiger partial charge >= 0.3 is 5.69 Å². The van der Waals surface area contributed by atoms with Crippen molar-refractivity contribution in [1.29, 1.82) is 0 Å². The van der Waals surface area contributed by atoms with Gasteiger partial charge in [0.15, 0.2) is 4.90 Å². The van der Waals surface area contributed by atoms with Crippen molar-refractivity contribution in [3.63, 3.8) is 0 Å². The lowest BCUT2D eigenvalue weighted by Crippen LogP contribution is -2.00. The zero-order valence-corrected chi connectivity index (χ0v) is 11.5. The molecular formula is C6H2Br2ClNO4S. The van der Waals surface area contributed by atoms with Crippen LogP contribution in [0.15, 0.2) is 26.0 Å². The second-order valence-corrected chi connectivity index (χ2v) is 6.61. The molecule has 0 aliphatic rings. The number of nitro groups is 1. The van der Waals surface area contributed by atoms with Crippen molar-refractivity contribution < 1.29 is 13.3 Å². The second kappa shape index (κ2) is 4.36. The summed E-state index contributed by atoms with van der Waals surface area (Å²) in [6, 6.07) is 2.71. The molecule has 82 valence electrons. The summed E-state index contributed by atoms with van der Waals surface area (Å²) < 4.78 is 22.4. The fourth-order valence-corrected chi connectivity index (χ4v) is 3.95. The summed E-state index contributed by atoms with van der Waals surface area (Å²) in [4.78, 5) is 9.31. The van der Waals surface area contributed by atoms with E-state index in [-0.39, 0.29) is 8.95 Å². The number of benzene rings is 1. The molecule has 0 N–H and O–H groups in total. The van der Waals surface area contributed by atoms with Gasteiger partial charge in [-0.2, -0.15) is 0 Å². The Morgan fingerprint density at radius 1 is 1.27 bits per heavy atom. The van der Waals surface area contributed by atoms with Gasteiger partial charge in [0.25, 0.3) is 9.05 Å². The molecule has 0 fully saturated rings. The molecule has 0 radical (unpaired) electrons. The van der Waals surface area contributed by atoms with E-state index in [0.717, 1.165) is 0 Å². The topological polar surface area (TPSA) is 77.3 Å². The molecule has 0 bridgehead atoms. The summed E-state index contributed by atoms with van der Waals surface area (Å²) >= 11 is 5.79. The zero-order valence-electron chi connectivity index (χ0n) is 6.78. The first-order chi connectivity index (χ1) is 6.75. The molecule has 5 nitrogen and oxygen atoms in total. The Labute approximate surface area is 106 Å². The summed E-state index contributed by atoms with van der Waals surface area (Å²) in [5, 5.41) is 10.7. The number of hydrogen-bond donors (Lipinski definition) is 0. The van der Waals surface area contributed by atoms with E-state index in [1.807, 2.05) is 0 Å². The molecule has 0 aromatic heterocycles. The lowest BCUT2D eigenvalue weighted by molar-refractivity contribution is -0.388. The summed E-state index contributed by atoms with van der Waals surface area (Å²) in [5.74, 6) is 0. The van der Waals surface area contributed by atoms with Gasteiger partial charge in [-0.1, -0.05) is 0 Å². The minimum atomic E-state index is -4.18. The lowest BCUT2D eigenvalue weighted by atomic mass is 10.3. The third-order valence-electron chi connectivity index (χ3n) is 1.46. The van der Waals surface area contributed by atoms with Crippen LogP contribution in [0.5, 0.6) is 0 Å². The van der Waals surface area contributed by atoms with Crippen LogP contribution in [0.2, 0.25) is 0 Å². The first-order valence-electron chi connectivity index (χ1n) is 3.32. The van der Waals surface area contributed by atoms with Crippen LogP contribution in [0.4, 0.5) is 5.69 Å². The fourth-order valence-electron chi connectivity index (χ4n) is 0.925. The fraction of sp³-hybridized carbons (Fsp3) is 0. The molecule has 0 saturated carbocycles. The first-order valence-corrected chi connectivity index (χ1v) is 7.21. The molecular weight excluding hydrogens is 377 g/mol. The Kier molecular flexibility index (Phi) is 3.75. The average molecular weight is 379 g/mol. The zero-order chi connectivity index (χ0) is 11.8. The number of nitrogens with zero attached hydrogens (tertiary/aromatic N) is 1. The summed E-state index contributed by atoms with van der Waals surface area (Å²) in [6.07, 6.45) is 0. The van der Waals surface area contributed by atoms with Crippen molar-refractivity contribution in [2.45, 2.75) is 4.90 Å². The molecule has 9 heteroatoms. The van der Waals surface area contributed by atoms with Crippen molar-refractivity contribution >= 4 is 57.3 Å². The van der Waals surface area contributed by atoms with E-state index in [9.17, 15) is 18.5 Å². The Morgan fingerprint density at radius 2 is 1.73 bits per heavy atom. The largest absolute Gasteiger partial charge is 0.304 e. The predicted molar refractivity (Wildman–Crippen MR) is 61.5 cm³/mol. The molecule has 0 aliphatic heterocycles. The number of nitro benzene ring substituents is 1. The minimum Gasteiger partial charge on any atom is -0.258 e. The first kappa shape index (κ1) is 12.9. The maximum atomic E-state index is 11.1. The van der Waals surface area contributed by atoms with Crippen LogP contribution in [0.25, 0.3) is 0 Å². The van der Waals surface area contributed by atoms with Crippen LogP contribution in [-0.2, 0) is 9.05 Å². The smallest absolute Gasteiger partial charge is 0.258 e. The van der Waals surface area contributed by atoms with E-state index >= 15 is 0 Å². The van der Waals surface area contributed by atoms with Crippen LogP contribution in [0, 0.1) is 10.1 Å². The lowest BCUT2D eigenvalue weighted by Gasteiger charge is -2.03. The quantitative estimate of drug-likeness (QED) is 0.450. The van der Waals surface area contributed by atoms with Crippen LogP contribution in [0.1, 0.15) is 0 Å². The highest BCUT2D eigenvalue weighted by Gasteiger charge is 2.29. The molecule has 0 unspecified atom stereocenters. The maximum Gasteiger partial charge on any atom is 0.304 e. The van der Waals surface area contributed by atoms with Crippen molar-refractivity contribution in [1.82, 2.24) is 0 Å². The monoisotopic (exact) mass is 377 g/mol. The second-order valence-electron chi connectivity index (χ2n) is 2.40. The molecule has 0 spiro atoms. The van der Waals surface area contributed by atoms with Crippen molar-refractivity contribution in [3.05, 3.63) is 31.2 Å². The Bertz CT molecular complexity index is 530. The van der Waals surface area contributed by atoms with Crippen LogP contribution < -0.4 is 0 Å². The summed E-state index contributed by atoms with van der Waals surface area (Å²) in [5.41, 5.74) is -0.584. The van der Waals surface area contributed by atoms with E-state index in [4.69, 9.17) is 10.7 Å². The SMILES string of the molecule is O=[N+]([O-])c1c(Br)ccc(Br)c1S(=O)(=O)Cl. The maximum absolute atomic E-state index is 11.1. The molecule has 0 saturated heterocycles. The number of halogens is 3. The van der Waals surface area contributed by atoms with Crippen molar-refractivity contribution in [2.24, 2.45) is 0 Å². The molecule has 1 aromatic rings. The molecule has 0 atom stereocenters. The predicted octanol–water partition coefficient (Wildman–Crippen LogP) is 3.05. The molecule has 0 aliphatic carbocycles. The van der Waals surface area contributed by atoms with E-state index in [2.05, 4.69) is 31.9 Å². The third-order valence-corrected chi connectivity index (χ3v) is 4.39. The molecule has 1 rings (SSSR count). The van der Waals surface area contributed by atoms with Gasteiger partial charge in [-0.15, -0.1) is 0 Å². The van der Waals surface area contributed by atoms with E-state index in [1.54, 1.807) is 0 Å². The van der Waals surface area contributed by atoms with Crippen LogP contribution in [0.3, 0.4) is 0 Å². The van der Waals surface area contributed by atoms with Gasteiger partial charge in [0, 0.05) is 15.2 Å². The average Bonchev–Trinajstić information content (AvgIpc) is 2.05. The van der Waals surface area contributed by atoms with E-state index < -0.39 is 24.6 Å². The van der Waals surface area contributed by atoms with Gasteiger partial charge in [-0.3, -0.25) is 10.1 Å². The summed E-state index contributed by atoms with van der Waals surface area (Å²) in [7, 11) is 0.924. The van der Waals surface area contributed by atoms with Gasteiger partial charge in [0.05, 0.1) is 9.40 Å². The number of rotatable bonds is 2. The highest BCUT2D eigenvalue weighted by molar-refractivity contribution is 9.11. The van der Waals surface area contributed by atoms with Gasteiger partial charge in [0.1, 0.15) is 0 Å². The Balaban J connectivity index is 3.76. The van der Waals surface area contributed by atoms with Crippen molar-refractivity contribution in [3.8, 4) is 0 Å². The normalized spacial score (nSPS) is 11.4. The van der Waals surface area contributed by atoms with Crippen LogP contribution in [-0.4, -0.2) is 13.3 Å². The van der Waals surface area contributed by atoms with Gasteiger partial charge < -0.3 is 0 Å². The van der Waals surface area contributed by atoms with Gasteiger partial charge in [-0.25, -0.2) is 8.42 Å². The Morgan fingerprint density at radius 3 is 2.07 bits per heavy atom. The molecule has 0 amide bonds. The summed E-state index contributed by atoms with van der Waals surface area (Å²) in [6.45, 7) is 0. The van der Waals surface area contributed by atoms with Crippen molar-refractivity contribution in [2.75, 3.05) is 0 Å². The van der Waals surface area contributed by atoms with Crippen LogP contribution >= 0.6 is 42.5 Å². The van der Waals surface area contributed by atoms with E-state index in [1.165, 1.54) is 12.1 Å². The van der Waals surface area contributed by atoms with Gasteiger partial charge in [-0.05, 0) is 44.0 Å². The molecule has 0 heterocycles. The highest BCUT2D eigenvalue weighted by atomic mass is 79.9. The Hall–Kier alpha value is -0.180. The molecule has 1 aromatic carbocycles. The van der Waals surface area contributed by atoms with E-state index in [0.29, 0.717) is 0 Å². The standard InChI is InChI=1S/C6H2Br2ClNO4S/c7-3-1-2-4(8)6(15(9,13)14)5(3)10(11)12/h1-2H.